The van der Waals surface area contributed by atoms with Crippen LogP contribution in [0.5, 0.6) is 0 Å². The first-order valence-electron chi connectivity index (χ1n) is 14.0. The number of likely N-dealkylation sites (tertiary alicyclic amines) is 1. The van der Waals surface area contributed by atoms with Crippen molar-refractivity contribution in [2.75, 3.05) is 26.3 Å². The highest BCUT2D eigenvalue weighted by Crippen LogP contribution is 2.43. The van der Waals surface area contributed by atoms with Gasteiger partial charge < -0.3 is 15.4 Å². The van der Waals surface area contributed by atoms with Crippen LogP contribution in [-0.4, -0.2) is 43.1 Å². The lowest BCUT2D eigenvalue weighted by atomic mass is 9.87. The van der Waals surface area contributed by atoms with Crippen LogP contribution < -0.4 is 5.73 Å². The lowest BCUT2D eigenvalue weighted by molar-refractivity contribution is 0.0465. The summed E-state index contributed by atoms with van der Waals surface area (Å²) in [6, 6.07) is 20.8. The number of alkyl halides is 1. The third kappa shape index (κ3) is 6.95. The number of benzene rings is 3. The van der Waals surface area contributed by atoms with E-state index in [0.717, 1.165) is 67.7 Å². The smallest absolute Gasteiger partial charge is 0.0964 e. The van der Waals surface area contributed by atoms with Crippen molar-refractivity contribution in [1.82, 2.24) is 4.90 Å². The van der Waals surface area contributed by atoms with Gasteiger partial charge in [-0.05, 0) is 102 Å². The average Bonchev–Trinajstić information content (AvgIpc) is 3.31. The summed E-state index contributed by atoms with van der Waals surface area (Å²) in [7, 11) is 0. The van der Waals surface area contributed by atoms with Crippen molar-refractivity contribution in [3.8, 4) is 0 Å². The Morgan fingerprint density at radius 3 is 2.60 bits per heavy atom. The molecule has 0 radical (unpaired) electrons. The molecule has 1 aliphatic heterocycles. The predicted octanol–water partition coefficient (Wildman–Crippen LogP) is 8.25. The van der Waals surface area contributed by atoms with Crippen LogP contribution in [0.2, 0.25) is 10.0 Å². The molecule has 1 fully saturated rings. The largest absolute Gasteiger partial charge is 0.387 e. The molecule has 0 aromatic heterocycles. The fourth-order valence-corrected chi connectivity index (χ4v) is 6.30. The molecule has 0 bridgehead atoms. The maximum absolute atomic E-state index is 12.5. The molecular weight excluding hydrogens is 544 g/mol. The van der Waals surface area contributed by atoms with E-state index in [-0.39, 0.29) is 12.8 Å². The van der Waals surface area contributed by atoms with E-state index in [9.17, 15) is 4.39 Å². The Morgan fingerprint density at radius 2 is 1.85 bits per heavy atom. The number of nitrogens with two attached hydrogens (primary N) is 1. The molecule has 1 saturated heterocycles. The number of ether oxygens (including phenoxy) is 1. The van der Waals surface area contributed by atoms with Crippen LogP contribution in [0, 0.1) is 0 Å². The summed E-state index contributed by atoms with van der Waals surface area (Å²) in [6.07, 6.45) is 4.62. The molecule has 0 amide bonds. The van der Waals surface area contributed by atoms with Gasteiger partial charge in [0.15, 0.2) is 0 Å². The first kappa shape index (κ1) is 28.8. The maximum Gasteiger partial charge on any atom is 0.0964 e. The van der Waals surface area contributed by atoms with Gasteiger partial charge in [0.2, 0.25) is 0 Å². The first-order valence-corrected chi connectivity index (χ1v) is 14.8. The molecular formula is C33H36Cl2FN3O. The molecule has 1 heterocycles. The molecule has 3 aromatic rings. The van der Waals surface area contributed by atoms with Crippen LogP contribution in [0.15, 0.2) is 65.7 Å². The van der Waals surface area contributed by atoms with Crippen molar-refractivity contribution in [3.63, 3.8) is 0 Å². The highest BCUT2D eigenvalue weighted by atomic mass is 35.5. The number of nitrogens with zero attached hydrogens (tertiary/aromatic N) is 2. The lowest BCUT2D eigenvalue weighted by Gasteiger charge is -2.18. The molecule has 0 saturated carbocycles. The lowest BCUT2D eigenvalue weighted by Crippen LogP contribution is -2.24. The van der Waals surface area contributed by atoms with E-state index in [1.54, 1.807) is 6.92 Å². The van der Waals surface area contributed by atoms with E-state index >= 15 is 0 Å². The second-order valence-electron chi connectivity index (χ2n) is 10.7. The van der Waals surface area contributed by atoms with Gasteiger partial charge in [0.25, 0.3) is 0 Å². The number of hydrogen-bond acceptors (Lipinski definition) is 3. The second kappa shape index (κ2) is 13.3. The summed E-state index contributed by atoms with van der Waals surface area (Å²) in [5.41, 5.74) is 14.9. The highest BCUT2D eigenvalue weighted by molar-refractivity contribution is 6.36. The monoisotopic (exact) mass is 579 g/mol. The van der Waals surface area contributed by atoms with E-state index in [4.69, 9.17) is 33.7 Å². The van der Waals surface area contributed by atoms with E-state index in [1.807, 2.05) is 24.3 Å². The average molecular weight is 581 g/mol. The summed E-state index contributed by atoms with van der Waals surface area (Å²) in [5.74, 6) is 0.542. The van der Waals surface area contributed by atoms with Gasteiger partial charge in [-0.3, -0.25) is 4.39 Å². The summed E-state index contributed by atoms with van der Waals surface area (Å²) >= 11 is 13.0. The van der Waals surface area contributed by atoms with Crippen LogP contribution >= 0.6 is 23.2 Å². The van der Waals surface area contributed by atoms with Crippen molar-refractivity contribution in [1.29, 1.82) is 0 Å². The number of hydrogen-bond donors (Lipinski definition) is 1. The number of halogens is 3. The molecule has 5 rings (SSSR count). The van der Waals surface area contributed by atoms with Crippen molar-refractivity contribution >= 4 is 45.9 Å². The van der Waals surface area contributed by atoms with E-state index in [2.05, 4.69) is 46.3 Å². The SMILES string of the molecule is CC(N)=Nc1ccc2c(c1)CCCC(c1ccc(Cl)cc1Cl)=C2c1ccc(CO[C@H]2CCN(CCCF)C2)cc1. The Bertz CT molecular complexity index is 1400. The van der Waals surface area contributed by atoms with Gasteiger partial charge in [0, 0.05) is 29.7 Å². The summed E-state index contributed by atoms with van der Waals surface area (Å²) < 4.78 is 18.7. The Balaban J connectivity index is 1.46. The minimum absolute atomic E-state index is 0.198. The normalized spacial score (nSPS) is 18.2. The minimum atomic E-state index is -0.260. The van der Waals surface area contributed by atoms with Crippen molar-refractivity contribution < 1.29 is 9.13 Å². The molecule has 1 atom stereocenters. The molecule has 40 heavy (non-hydrogen) atoms. The molecule has 0 spiro atoms. The van der Waals surface area contributed by atoms with Gasteiger partial charge in [-0.2, -0.15) is 0 Å². The van der Waals surface area contributed by atoms with Crippen LogP contribution in [0.25, 0.3) is 11.1 Å². The summed E-state index contributed by atoms with van der Waals surface area (Å²) in [5, 5.41) is 1.28. The Morgan fingerprint density at radius 1 is 1.05 bits per heavy atom. The van der Waals surface area contributed by atoms with E-state index in [0.29, 0.717) is 28.9 Å². The van der Waals surface area contributed by atoms with Gasteiger partial charge >= 0.3 is 0 Å². The van der Waals surface area contributed by atoms with E-state index < -0.39 is 0 Å². The van der Waals surface area contributed by atoms with E-state index in [1.165, 1.54) is 22.3 Å². The van der Waals surface area contributed by atoms with Crippen LogP contribution in [0.4, 0.5) is 10.1 Å². The van der Waals surface area contributed by atoms with Crippen molar-refractivity contribution in [3.05, 3.63) is 98.5 Å². The maximum atomic E-state index is 12.5. The Labute approximate surface area is 246 Å². The van der Waals surface area contributed by atoms with Gasteiger partial charge in [0.05, 0.1) is 30.9 Å². The van der Waals surface area contributed by atoms with Crippen LogP contribution in [0.1, 0.15) is 60.4 Å². The number of allylic oxidation sites excluding steroid dienone is 1. The van der Waals surface area contributed by atoms with Crippen molar-refractivity contribution in [2.24, 2.45) is 10.7 Å². The number of aliphatic imine (C=N–C) groups is 1. The number of aryl methyl sites for hydroxylation is 1. The van der Waals surface area contributed by atoms with Gasteiger partial charge in [-0.1, -0.05) is 59.6 Å². The van der Waals surface area contributed by atoms with Crippen LogP contribution in [0.3, 0.4) is 0 Å². The zero-order chi connectivity index (χ0) is 28.1. The third-order valence-corrected chi connectivity index (χ3v) is 8.21. The molecule has 0 unspecified atom stereocenters. The first-order chi connectivity index (χ1) is 19.4. The predicted molar refractivity (Wildman–Crippen MR) is 165 cm³/mol. The Kier molecular flexibility index (Phi) is 9.59. The molecule has 210 valence electrons. The number of fused-ring (bicyclic) bond motifs is 1. The fraction of sp³-hybridized carbons (Fsp3) is 0.364. The van der Waals surface area contributed by atoms with Crippen molar-refractivity contribution in [2.45, 2.75) is 51.7 Å². The van der Waals surface area contributed by atoms with Gasteiger partial charge in [-0.25, -0.2) is 4.99 Å². The number of amidine groups is 1. The molecule has 3 aromatic carbocycles. The summed E-state index contributed by atoms with van der Waals surface area (Å²) in [4.78, 5) is 6.78. The quantitative estimate of drug-likeness (QED) is 0.205. The highest BCUT2D eigenvalue weighted by Gasteiger charge is 2.24. The van der Waals surface area contributed by atoms with Gasteiger partial charge in [0.1, 0.15) is 0 Å². The number of rotatable bonds is 9. The molecule has 1 aliphatic carbocycles. The molecule has 4 nitrogen and oxygen atoms in total. The molecule has 2 aliphatic rings. The zero-order valence-electron chi connectivity index (χ0n) is 22.9. The topological polar surface area (TPSA) is 50.9 Å². The molecule has 2 N–H and O–H groups in total. The second-order valence-corrected chi connectivity index (χ2v) is 11.5. The standard InChI is InChI=1S/C33H36Cl2FN3O/c1-22(37)38-27-11-13-29-25(18-27)4-2-5-31(30-12-10-26(34)19-32(30)35)33(29)24-8-6-23(7-9-24)21-40-28-14-17-39(20-28)16-3-15-36/h6-13,18-19,28H,2-5,14-17,20-21H2,1H3,(H2,37,38)/t28-/m0/s1. The Hall–Kier alpha value is -2.70. The van der Waals surface area contributed by atoms with Crippen LogP contribution in [-0.2, 0) is 17.8 Å². The molecule has 7 heteroatoms. The summed E-state index contributed by atoms with van der Waals surface area (Å²) in [6.45, 7) is 4.77. The third-order valence-electron chi connectivity index (χ3n) is 7.66. The minimum Gasteiger partial charge on any atom is -0.387 e. The van der Waals surface area contributed by atoms with Gasteiger partial charge in [-0.15, -0.1) is 0 Å². The fourth-order valence-electron chi connectivity index (χ4n) is 5.78. The zero-order valence-corrected chi connectivity index (χ0v) is 24.4.